The third-order valence-corrected chi connectivity index (χ3v) is 4.25. The maximum Gasteiger partial charge on any atom is 0.419 e. The number of carboxylic acid groups (broad SMARTS) is 1. The van der Waals surface area contributed by atoms with Gasteiger partial charge in [-0.25, -0.2) is 14.8 Å². The Hall–Kier alpha value is -2.55. The number of ether oxygens (including phenoxy) is 1. The summed E-state index contributed by atoms with van der Waals surface area (Å²) in [6.07, 6.45) is -4.24. The van der Waals surface area contributed by atoms with Gasteiger partial charge in [-0.1, -0.05) is 18.5 Å². The molecule has 2 rings (SSSR count). The number of aromatic nitrogens is 2. The second-order valence-electron chi connectivity index (χ2n) is 7.37. The van der Waals surface area contributed by atoms with Crippen molar-refractivity contribution in [2.24, 2.45) is 5.92 Å². The minimum atomic E-state index is -4.63. The predicted molar refractivity (Wildman–Crippen MR) is 102 cm³/mol. The molecule has 10 heteroatoms. The van der Waals surface area contributed by atoms with Gasteiger partial charge in [-0.3, -0.25) is 0 Å². The first kappa shape index (κ1) is 22.7. The molecule has 0 fully saturated rings. The van der Waals surface area contributed by atoms with Crippen LogP contribution in [0.3, 0.4) is 0 Å². The molecule has 1 aromatic carbocycles. The summed E-state index contributed by atoms with van der Waals surface area (Å²) in [4.78, 5) is 18.5. The van der Waals surface area contributed by atoms with E-state index in [1.54, 1.807) is 20.8 Å². The van der Waals surface area contributed by atoms with Gasteiger partial charge >= 0.3 is 12.3 Å². The fraction of sp³-hybridized carbons (Fsp3) is 0.421. The van der Waals surface area contributed by atoms with E-state index in [1.807, 2.05) is 0 Å². The van der Waals surface area contributed by atoms with Crippen molar-refractivity contribution >= 4 is 17.7 Å². The Morgan fingerprint density at radius 3 is 2.55 bits per heavy atom. The summed E-state index contributed by atoms with van der Waals surface area (Å²) in [6, 6.07) is 5.02. The first-order valence-electron chi connectivity index (χ1n) is 8.70. The van der Waals surface area contributed by atoms with Crippen LogP contribution in [0.25, 0.3) is 11.3 Å². The number of rotatable bonds is 7. The molecule has 2 aromatic rings. The largest absolute Gasteiger partial charge is 0.493 e. The molecule has 158 valence electrons. The summed E-state index contributed by atoms with van der Waals surface area (Å²) < 4.78 is 46.1. The molecule has 1 heterocycles. The van der Waals surface area contributed by atoms with Crippen LogP contribution in [0.15, 0.2) is 30.6 Å². The lowest BCUT2D eigenvalue weighted by Crippen LogP contribution is -2.44. The average molecular weight is 432 g/mol. The van der Waals surface area contributed by atoms with Gasteiger partial charge in [0.15, 0.2) is 0 Å². The summed E-state index contributed by atoms with van der Waals surface area (Å²) >= 11 is 5.78. The van der Waals surface area contributed by atoms with Crippen molar-refractivity contribution < 1.29 is 27.8 Å². The highest BCUT2D eigenvalue weighted by molar-refractivity contribution is 6.29. The van der Waals surface area contributed by atoms with Gasteiger partial charge in [0.25, 0.3) is 0 Å². The predicted octanol–water partition coefficient (Wildman–Crippen LogP) is 5.27. The van der Waals surface area contributed by atoms with Gasteiger partial charge in [-0.15, -0.1) is 0 Å². The fourth-order valence-corrected chi connectivity index (χ4v) is 3.18. The summed E-state index contributed by atoms with van der Waals surface area (Å²) in [6.45, 7) is 5.16. The van der Waals surface area contributed by atoms with Crippen LogP contribution in [0.4, 0.5) is 18.0 Å². The Labute approximate surface area is 171 Å². The number of nitrogens with one attached hydrogen (secondary N) is 1. The number of hydrogen-bond donors (Lipinski definition) is 2. The zero-order chi connectivity index (χ0) is 21.8. The summed E-state index contributed by atoms with van der Waals surface area (Å²) in [5, 5.41) is 11.3. The standard InChI is InChI=1S/C19H21ClF3N3O3/c1-11(8-18(2,3)26-17(27)28)9-29-15-5-4-12(6-13(15)19(21,22)23)14-7-16(20)25-10-24-14/h4-7,10-11,26H,8-9H2,1-3H3,(H,27,28)/t11-/m0/s1. The van der Waals surface area contributed by atoms with E-state index in [2.05, 4.69) is 15.3 Å². The maximum absolute atomic E-state index is 13.5. The Balaban J connectivity index is 2.19. The van der Waals surface area contributed by atoms with Gasteiger partial charge in [0.1, 0.15) is 17.2 Å². The SMILES string of the molecule is C[C@H](COc1ccc(-c2cc(Cl)ncn2)cc1C(F)(F)F)CC(C)(C)NC(=O)O. The zero-order valence-electron chi connectivity index (χ0n) is 16.0. The fourth-order valence-electron chi connectivity index (χ4n) is 3.03. The normalized spacial score (nSPS) is 13.1. The average Bonchev–Trinajstić information content (AvgIpc) is 2.57. The molecule has 0 aliphatic rings. The summed E-state index contributed by atoms with van der Waals surface area (Å²) in [5.74, 6) is -0.504. The quantitative estimate of drug-likeness (QED) is 0.583. The first-order chi connectivity index (χ1) is 13.4. The van der Waals surface area contributed by atoms with Crippen LogP contribution < -0.4 is 10.1 Å². The van der Waals surface area contributed by atoms with Gasteiger partial charge < -0.3 is 15.2 Å². The molecule has 6 nitrogen and oxygen atoms in total. The van der Waals surface area contributed by atoms with Crippen molar-refractivity contribution in [3.05, 3.63) is 41.3 Å². The molecule has 1 aromatic heterocycles. The minimum Gasteiger partial charge on any atom is -0.493 e. The molecule has 0 spiro atoms. The van der Waals surface area contributed by atoms with Crippen LogP contribution in [0.5, 0.6) is 5.75 Å². The summed E-state index contributed by atoms with van der Waals surface area (Å²) in [7, 11) is 0. The van der Waals surface area contributed by atoms with Crippen molar-refractivity contribution in [1.29, 1.82) is 0 Å². The van der Waals surface area contributed by atoms with E-state index in [-0.39, 0.29) is 34.7 Å². The second-order valence-corrected chi connectivity index (χ2v) is 7.76. The molecular weight excluding hydrogens is 411 g/mol. The molecule has 0 aliphatic carbocycles. The van der Waals surface area contributed by atoms with E-state index in [1.165, 1.54) is 24.5 Å². The third kappa shape index (κ3) is 6.77. The number of benzene rings is 1. The van der Waals surface area contributed by atoms with Gasteiger partial charge in [-0.2, -0.15) is 13.2 Å². The van der Waals surface area contributed by atoms with Crippen molar-refractivity contribution in [1.82, 2.24) is 15.3 Å². The molecule has 0 bridgehead atoms. The van der Waals surface area contributed by atoms with E-state index < -0.39 is 23.4 Å². The monoisotopic (exact) mass is 431 g/mol. The molecule has 1 amide bonds. The topological polar surface area (TPSA) is 84.3 Å². The van der Waals surface area contributed by atoms with Crippen LogP contribution in [0.1, 0.15) is 32.8 Å². The van der Waals surface area contributed by atoms with Gasteiger partial charge in [-0.05, 0) is 44.4 Å². The Morgan fingerprint density at radius 1 is 1.28 bits per heavy atom. The lowest BCUT2D eigenvalue weighted by molar-refractivity contribution is -0.139. The Kier molecular flexibility index (Phi) is 6.94. The number of nitrogens with zero attached hydrogens (tertiary/aromatic N) is 2. The van der Waals surface area contributed by atoms with Crippen molar-refractivity contribution in [2.75, 3.05) is 6.61 Å². The minimum absolute atomic E-state index is 0.00745. The van der Waals surface area contributed by atoms with Crippen LogP contribution in [0, 0.1) is 5.92 Å². The van der Waals surface area contributed by atoms with Gasteiger partial charge in [0.2, 0.25) is 0 Å². The number of halogens is 4. The first-order valence-corrected chi connectivity index (χ1v) is 9.08. The second kappa shape index (κ2) is 8.86. The highest BCUT2D eigenvalue weighted by atomic mass is 35.5. The maximum atomic E-state index is 13.5. The Morgan fingerprint density at radius 2 is 1.97 bits per heavy atom. The van der Waals surface area contributed by atoms with Crippen molar-refractivity contribution in [3.63, 3.8) is 0 Å². The number of carbonyl (C=O) groups is 1. The van der Waals surface area contributed by atoms with Gasteiger partial charge in [0, 0.05) is 17.2 Å². The molecule has 2 N–H and O–H groups in total. The van der Waals surface area contributed by atoms with Crippen molar-refractivity contribution in [2.45, 2.75) is 38.9 Å². The number of hydrogen-bond acceptors (Lipinski definition) is 4. The molecule has 1 atom stereocenters. The molecule has 0 radical (unpaired) electrons. The molecule has 0 aliphatic heterocycles. The molecule has 0 unspecified atom stereocenters. The van der Waals surface area contributed by atoms with Crippen LogP contribution in [-0.4, -0.2) is 33.3 Å². The molecule has 0 saturated heterocycles. The summed E-state index contributed by atoms with van der Waals surface area (Å²) in [5.41, 5.74) is -1.18. The Bertz CT molecular complexity index is 875. The van der Waals surface area contributed by atoms with Crippen LogP contribution in [-0.2, 0) is 6.18 Å². The van der Waals surface area contributed by atoms with Gasteiger partial charge in [0.05, 0.1) is 17.9 Å². The van der Waals surface area contributed by atoms with Crippen LogP contribution >= 0.6 is 11.6 Å². The lowest BCUT2D eigenvalue weighted by Gasteiger charge is -2.28. The van der Waals surface area contributed by atoms with E-state index in [9.17, 15) is 18.0 Å². The molecular formula is C19H21ClF3N3O3. The van der Waals surface area contributed by atoms with E-state index in [4.69, 9.17) is 21.4 Å². The lowest BCUT2D eigenvalue weighted by atomic mass is 9.92. The molecule has 29 heavy (non-hydrogen) atoms. The third-order valence-electron chi connectivity index (χ3n) is 4.04. The van der Waals surface area contributed by atoms with Crippen LogP contribution in [0.2, 0.25) is 5.15 Å². The smallest absolute Gasteiger partial charge is 0.419 e. The van der Waals surface area contributed by atoms with E-state index in [0.717, 1.165) is 6.07 Å². The van der Waals surface area contributed by atoms with E-state index in [0.29, 0.717) is 6.42 Å². The number of amides is 1. The highest BCUT2D eigenvalue weighted by Crippen LogP contribution is 2.39. The zero-order valence-corrected chi connectivity index (χ0v) is 16.8. The number of alkyl halides is 3. The van der Waals surface area contributed by atoms with Crippen molar-refractivity contribution in [3.8, 4) is 17.0 Å². The molecule has 0 saturated carbocycles. The highest BCUT2D eigenvalue weighted by Gasteiger charge is 2.35. The van der Waals surface area contributed by atoms with E-state index >= 15 is 0 Å².